The fourth-order valence-corrected chi connectivity index (χ4v) is 1.92. The zero-order chi connectivity index (χ0) is 12.5. The Kier molecular flexibility index (Phi) is 2.48. The predicted octanol–water partition coefficient (Wildman–Crippen LogP) is 2.69. The molecule has 90 valence electrons. The van der Waals surface area contributed by atoms with E-state index < -0.39 is 0 Å². The van der Waals surface area contributed by atoms with Gasteiger partial charge in [0.2, 0.25) is 0 Å². The molecule has 4 heteroatoms. The number of aromatic hydroxyl groups is 1. The highest BCUT2D eigenvalue weighted by Gasteiger charge is 2.08. The Hall–Kier alpha value is -2.36. The number of benzene rings is 2. The first-order valence-electron chi connectivity index (χ1n) is 5.92. The van der Waals surface area contributed by atoms with Crippen LogP contribution >= 0.6 is 0 Å². The predicted molar refractivity (Wildman–Crippen MR) is 69.9 cm³/mol. The van der Waals surface area contributed by atoms with Crippen LogP contribution in [-0.2, 0) is 6.42 Å². The molecular formula is C14H13N3O. The van der Waals surface area contributed by atoms with Gasteiger partial charge in [-0.1, -0.05) is 25.1 Å². The number of aryl methyl sites for hydroxylation is 1. The van der Waals surface area contributed by atoms with Crippen LogP contribution in [0.15, 0.2) is 42.5 Å². The molecule has 3 rings (SSSR count). The van der Waals surface area contributed by atoms with Gasteiger partial charge in [-0.25, -0.2) is 0 Å². The number of phenols is 1. The number of phenolic OH excluding ortho intramolecular Hbond substituents is 1. The van der Waals surface area contributed by atoms with E-state index >= 15 is 0 Å². The van der Waals surface area contributed by atoms with Crippen LogP contribution in [0, 0.1) is 0 Å². The molecule has 0 fully saturated rings. The summed E-state index contributed by atoms with van der Waals surface area (Å²) in [5.74, 6) is 0.175. The SMILES string of the molecule is CCc1ccc2nn(-c3ccccc3O)nc2c1. The van der Waals surface area contributed by atoms with Crippen LogP contribution in [0.5, 0.6) is 5.75 Å². The lowest BCUT2D eigenvalue weighted by Gasteiger charge is -2.00. The van der Waals surface area contributed by atoms with E-state index in [0.29, 0.717) is 5.69 Å². The maximum atomic E-state index is 9.79. The van der Waals surface area contributed by atoms with Gasteiger partial charge in [-0.2, -0.15) is 0 Å². The third-order valence-electron chi connectivity index (χ3n) is 2.95. The van der Waals surface area contributed by atoms with Crippen molar-refractivity contribution < 1.29 is 5.11 Å². The second kappa shape index (κ2) is 4.14. The highest BCUT2D eigenvalue weighted by atomic mass is 16.3. The van der Waals surface area contributed by atoms with Gasteiger partial charge in [-0.15, -0.1) is 15.0 Å². The van der Waals surface area contributed by atoms with Crippen LogP contribution in [0.3, 0.4) is 0 Å². The first-order chi connectivity index (χ1) is 8.78. The second-order valence-corrected chi connectivity index (χ2v) is 4.15. The second-order valence-electron chi connectivity index (χ2n) is 4.15. The molecule has 1 heterocycles. The molecule has 0 saturated heterocycles. The minimum absolute atomic E-state index is 0.175. The van der Waals surface area contributed by atoms with Gasteiger partial charge in [0.15, 0.2) is 0 Å². The Morgan fingerprint density at radius 2 is 1.83 bits per heavy atom. The van der Waals surface area contributed by atoms with E-state index in [1.165, 1.54) is 10.4 Å². The van der Waals surface area contributed by atoms with Crippen molar-refractivity contribution in [3.63, 3.8) is 0 Å². The Morgan fingerprint density at radius 1 is 1.06 bits per heavy atom. The summed E-state index contributed by atoms with van der Waals surface area (Å²) in [6, 6.07) is 13.1. The van der Waals surface area contributed by atoms with Crippen LogP contribution in [-0.4, -0.2) is 20.1 Å². The third kappa shape index (κ3) is 1.72. The zero-order valence-electron chi connectivity index (χ0n) is 10.0. The molecular weight excluding hydrogens is 226 g/mol. The number of aromatic nitrogens is 3. The van der Waals surface area contributed by atoms with Crippen LogP contribution < -0.4 is 0 Å². The summed E-state index contributed by atoms with van der Waals surface area (Å²) in [5.41, 5.74) is 3.49. The van der Waals surface area contributed by atoms with Crippen molar-refractivity contribution in [2.75, 3.05) is 0 Å². The monoisotopic (exact) mass is 239 g/mol. The van der Waals surface area contributed by atoms with Gasteiger partial charge in [0, 0.05) is 0 Å². The molecule has 0 aliphatic carbocycles. The molecule has 0 atom stereocenters. The summed E-state index contributed by atoms with van der Waals surface area (Å²) in [6.45, 7) is 2.11. The molecule has 0 spiro atoms. The molecule has 0 saturated carbocycles. The van der Waals surface area contributed by atoms with Gasteiger partial charge in [0.25, 0.3) is 0 Å². The van der Waals surface area contributed by atoms with Crippen LogP contribution in [0.2, 0.25) is 0 Å². The van der Waals surface area contributed by atoms with Crippen LogP contribution in [0.1, 0.15) is 12.5 Å². The Balaban J connectivity index is 2.17. The van der Waals surface area contributed by atoms with Crippen LogP contribution in [0.4, 0.5) is 0 Å². The highest BCUT2D eigenvalue weighted by molar-refractivity contribution is 5.74. The molecule has 0 amide bonds. The molecule has 4 nitrogen and oxygen atoms in total. The number of fused-ring (bicyclic) bond motifs is 1. The van der Waals surface area contributed by atoms with E-state index in [-0.39, 0.29) is 5.75 Å². The van der Waals surface area contributed by atoms with Crippen molar-refractivity contribution >= 4 is 11.0 Å². The van der Waals surface area contributed by atoms with Crippen molar-refractivity contribution in [2.24, 2.45) is 0 Å². The van der Waals surface area contributed by atoms with Crippen molar-refractivity contribution in [1.29, 1.82) is 0 Å². The number of hydrogen-bond acceptors (Lipinski definition) is 3. The number of rotatable bonds is 2. The fraction of sp³-hybridized carbons (Fsp3) is 0.143. The summed E-state index contributed by atoms with van der Waals surface area (Å²) in [4.78, 5) is 1.47. The van der Waals surface area contributed by atoms with E-state index in [1.807, 2.05) is 24.3 Å². The van der Waals surface area contributed by atoms with Crippen molar-refractivity contribution in [1.82, 2.24) is 15.0 Å². The van der Waals surface area contributed by atoms with E-state index in [9.17, 15) is 5.11 Å². The Morgan fingerprint density at radius 3 is 2.61 bits per heavy atom. The zero-order valence-corrected chi connectivity index (χ0v) is 10.0. The molecule has 0 radical (unpaired) electrons. The number of nitrogens with zero attached hydrogens (tertiary/aromatic N) is 3. The lowest BCUT2D eigenvalue weighted by atomic mass is 10.1. The Labute approximate surface area is 104 Å². The summed E-state index contributed by atoms with van der Waals surface area (Å²) >= 11 is 0. The van der Waals surface area contributed by atoms with E-state index in [1.54, 1.807) is 18.2 Å². The molecule has 18 heavy (non-hydrogen) atoms. The largest absolute Gasteiger partial charge is 0.506 e. The topological polar surface area (TPSA) is 50.9 Å². The molecule has 1 N–H and O–H groups in total. The van der Waals surface area contributed by atoms with Gasteiger partial charge in [-0.05, 0) is 36.2 Å². The summed E-state index contributed by atoms with van der Waals surface area (Å²) in [5, 5.41) is 18.6. The number of para-hydroxylation sites is 2. The van der Waals surface area contributed by atoms with Gasteiger partial charge >= 0.3 is 0 Å². The lowest BCUT2D eigenvalue weighted by molar-refractivity contribution is 0.468. The molecule has 0 aliphatic heterocycles. The molecule has 0 aliphatic rings. The quantitative estimate of drug-likeness (QED) is 0.748. The van der Waals surface area contributed by atoms with Crippen molar-refractivity contribution in [3.05, 3.63) is 48.0 Å². The van der Waals surface area contributed by atoms with Crippen molar-refractivity contribution in [3.8, 4) is 11.4 Å². The highest BCUT2D eigenvalue weighted by Crippen LogP contribution is 2.21. The van der Waals surface area contributed by atoms with Gasteiger partial charge in [-0.3, -0.25) is 0 Å². The van der Waals surface area contributed by atoms with E-state index in [0.717, 1.165) is 17.5 Å². The molecule has 0 bridgehead atoms. The van der Waals surface area contributed by atoms with E-state index in [2.05, 4.69) is 17.1 Å². The van der Waals surface area contributed by atoms with Gasteiger partial charge in [0.05, 0.1) is 0 Å². The summed E-state index contributed by atoms with van der Waals surface area (Å²) in [7, 11) is 0. The average molecular weight is 239 g/mol. The van der Waals surface area contributed by atoms with Crippen LogP contribution in [0.25, 0.3) is 16.7 Å². The average Bonchev–Trinajstić information content (AvgIpc) is 2.81. The third-order valence-corrected chi connectivity index (χ3v) is 2.95. The molecule has 0 unspecified atom stereocenters. The summed E-state index contributed by atoms with van der Waals surface area (Å²) < 4.78 is 0. The minimum Gasteiger partial charge on any atom is -0.506 e. The maximum Gasteiger partial charge on any atom is 0.143 e. The lowest BCUT2D eigenvalue weighted by Crippen LogP contribution is -1.98. The smallest absolute Gasteiger partial charge is 0.143 e. The molecule has 3 aromatic rings. The molecule has 2 aromatic carbocycles. The fourth-order valence-electron chi connectivity index (χ4n) is 1.92. The number of hydrogen-bond donors (Lipinski definition) is 1. The first-order valence-corrected chi connectivity index (χ1v) is 5.92. The van der Waals surface area contributed by atoms with E-state index in [4.69, 9.17) is 0 Å². The molecule has 1 aromatic heterocycles. The normalized spacial score (nSPS) is 10.9. The summed E-state index contributed by atoms with van der Waals surface area (Å²) in [6.07, 6.45) is 0.972. The van der Waals surface area contributed by atoms with Crippen molar-refractivity contribution in [2.45, 2.75) is 13.3 Å². The first kappa shape index (κ1) is 10.8. The maximum absolute atomic E-state index is 9.79. The Bertz CT molecular complexity index is 703. The minimum atomic E-state index is 0.175. The van der Waals surface area contributed by atoms with Gasteiger partial charge < -0.3 is 5.11 Å². The standard InChI is InChI=1S/C14H13N3O/c1-2-10-7-8-11-12(9-10)16-17(15-11)13-5-3-4-6-14(13)18/h3-9,18H,2H2,1H3. The van der Waals surface area contributed by atoms with Gasteiger partial charge in [0.1, 0.15) is 22.5 Å².